The van der Waals surface area contributed by atoms with Crippen molar-refractivity contribution in [1.29, 1.82) is 0 Å². The summed E-state index contributed by atoms with van der Waals surface area (Å²) < 4.78 is 11.3. The molecule has 1 aromatic carbocycles. The fraction of sp³-hybridized carbons (Fsp3) is 0.650. The first kappa shape index (κ1) is 23.8. The molecule has 1 aliphatic heterocycles. The summed E-state index contributed by atoms with van der Waals surface area (Å²) in [4.78, 5) is 6.86. The molecular formula is C20H35IN4O2. The van der Waals surface area contributed by atoms with Crippen molar-refractivity contribution in [2.45, 2.75) is 32.8 Å². The van der Waals surface area contributed by atoms with Gasteiger partial charge in [-0.15, -0.1) is 24.0 Å². The second-order valence-corrected chi connectivity index (χ2v) is 6.87. The topological polar surface area (TPSA) is 58.1 Å². The molecule has 0 amide bonds. The maximum atomic E-state index is 5.97. The Morgan fingerprint density at radius 3 is 2.70 bits per heavy atom. The number of ether oxygens (including phenoxy) is 2. The van der Waals surface area contributed by atoms with E-state index in [2.05, 4.69) is 27.4 Å². The Morgan fingerprint density at radius 1 is 1.30 bits per heavy atom. The highest BCUT2D eigenvalue weighted by atomic mass is 127. The predicted molar refractivity (Wildman–Crippen MR) is 123 cm³/mol. The molecule has 2 unspecified atom stereocenters. The molecule has 2 rings (SSSR count). The molecule has 6 nitrogen and oxygen atoms in total. The van der Waals surface area contributed by atoms with Gasteiger partial charge in [-0.25, -0.2) is 0 Å². The highest BCUT2D eigenvalue weighted by Gasteiger charge is 2.21. The van der Waals surface area contributed by atoms with Crippen molar-refractivity contribution in [3.05, 3.63) is 24.3 Å². The highest BCUT2D eigenvalue weighted by molar-refractivity contribution is 14.0. The molecule has 0 saturated carbocycles. The van der Waals surface area contributed by atoms with Gasteiger partial charge in [0.2, 0.25) is 0 Å². The number of methoxy groups -OCH3 is 1. The predicted octanol–water partition coefficient (Wildman–Crippen LogP) is 2.98. The number of nitrogens with zero attached hydrogens (tertiary/aromatic N) is 2. The quantitative estimate of drug-likeness (QED) is 0.317. The lowest BCUT2D eigenvalue weighted by molar-refractivity contribution is 0.213. The van der Waals surface area contributed by atoms with Gasteiger partial charge in [0, 0.05) is 20.1 Å². The molecule has 0 aromatic heterocycles. The van der Waals surface area contributed by atoms with Crippen LogP contribution in [0.25, 0.3) is 0 Å². The number of benzene rings is 1. The van der Waals surface area contributed by atoms with Crippen LogP contribution < -0.4 is 20.1 Å². The number of hydrogen-bond acceptors (Lipinski definition) is 4. The van der Waals surface area contributed by atoms with Crippen LogP contribution >= 0.6 is 24.0 Å². The van der Waals surface area contributed by atoms with Crippen LogP contribution in [0.5, 0.6) is 11.5 Å². The van der Waals surface area contributed by atoms with E-state index < -0.39 is 0 Å². The fourth-order valence-corrected chi connectivity index (χ4v) is 3.28. The minimum absolute atomic E-state index is 0. The van der Waals surface area contributed by atoms with Gasteiger partial charge >= 0.3 is 0 Å². The molecule has 2 atom stereocenters. The third kappa shape index (κ3) is 8.13. The molecule has 7 heteroatoms. The Bertz CT molecular complexity index is 571. The van der Waals surface area contributed by atoms with Crippen molar-refractivity contribution >= 4 is 29.9 Å². The molecule has 154 valence electrons. The van der Waals surface area contributed by atoms with Gasteiger partial charge < -0.3 is 25.0 Å². The first-order chi connectivity index (χ1) is 12.7. The smallest absolute Gasteiger partial charge is 0.191 e. The van der Waals surface area contributed by atoms with Crippen LogP contribution in [-0.2, 0) is 0 Å². The van der Waals surface area contributed by atoms with E-state index in [9.17, 15) is 0 Å². The van der Waals surface area contributed by atoms with Gasteiger partial charge in [0.25, 0.3) is 0 Å². The first-order valence-corrected chi connectivity index (χ1v) is 9.62. The zero-order valence-corrected chi connectivity index (χ0v) is 19.4. The molecule has 0 radical (unpaired) electrons. The van der Waals surface area contributed by atoms with Gasteiger partial charge in [0.15, 0.2) is 17.5 Å². The Labute approximate surface area is 181 Å². The van der Waals surface area contributed by atoms with E-state index >= 15 is 0 Å². The van der Waals surface area contributed by atoms with Gasteiger partial charge in [-0.2, -0.15) is 0 Å². The third-order valence-electron chi connectivity index (χ3n) is 4.65. The van der Waals surface area contributed by atoms with Crippen molar-refractivity contribution in [2.24, 2.45) is 10.9 Å². The van der Waals surface area contributed by atoms with E-state index in [4.69, 9.17) is 9.47 Å². The summed E-state index contributed by atoms with van der Waals surface area (Å²) in [5.74, 6) is 3.03. The maximum absolute atomic E-state index is 5.97. The lowest BCUT2D eigenvalue weighted by atomic mass is 10.1. The normalized spacial score (nSPS) is 18.5. The first-order valence-electron chi connectivity index (χ1n) is 9.62. The number of guanidine groups is 1. The summed E-state index contributed by atoms with van der Waals surface area (Å²) in [6.07, 6.45) is 2.49. The Kier molecular flexibility index (Phi) is 11.5. The lowest BCUT2D eigenvalue weighted by Crippen LogP contribution is -2.43. The van der Waals surface area contributed by atoms with Gasteiger partial charge in [0.1, 0.15) is 6.10 Å². The van der Waals surface area contributed by atoms with Crippen molar-refractivity contribution in [3.63, 3.8) is 0 Å². The SMILES string of the molecule is CCCN1CCC(CNC(=NC)NCC(C)Oc2ccccc2OC)C1.I. The molecule has 1 aromatic rings. The summed E-state index contributed by atoms with van der Waals surface area (Å²) in [6, 6.07) is 7.71. The van der Waals surface area contributed by atoms with E-state index in [0.717, 1.165) is 24.0 Å². The fourth-order valence-electron chi connectivity index (χ4n) is 3.28. The molecule has 0 aliphatic carbocycles. The van der Waals surface area contributed by atoms with E-state index in [0.29, 0.717) is 12.5 Å². The number of likely N-dealkylation sites (tertiary alicyclic amines) is 1. The van der Waals surface area contributed by atoms with Gasteiger partial charge in [-0.3, -0.25) is 4.99 Å². The second kappa shape index (κ2) is 13.0. The Morgan fingerprint density at radius 2 is 2.04 bits per heavy atom. The zero-order chi connectivity index (χ0) is 18.8. The van der Waals surface area contributed by atoms with E-state index in [1.807, 2.05) is 31.2 Å². The number of halogens is 1. The van der Waals surface area contributed by atoms with Gasteiger partial charge in [0.05, 0.1) is 13.7 Å². The molecule has 1 fully saturated rings. The van der Waals surface area contributed by atoms with Crippen molar-refractivity contribution in [1.82, 2.24) is 15.5 Å². The summed E-state index contributed by atoms with van der Waals surface area (Å²) >= 11 is 0. The molecule has 1 saturated heterocycles. The molecular weight excluding hydrogens is 455 g/mol. The number of rotatable bonds is 9. The van der Waals surface area contributed by atoms with Crippen molar-refractivity contribution in [3.8, 4) is 11.5 Å². The summed E-state index contributed by atoms with van der Waals surface area (Å²) in [5.41, 5.74) is 0. The van der Waals surface area contributed by atoms with Crippen LogP contribution in [0.4, 0.5) is 0 Å². The van der Waals surface area contributed by atoms with Crippen molar-refractivity contribution in [2.75, 3.05) is 46.9 Å². The molecule has 2 N–H and O–H groups in total. The minimum Gasteiger partial charge on any atom is -0.493 e. The minimum atomic E-state index is -0.00336. The Balaban J connectivity index is 0.00000364. The summed E-state index contributed by atoms with van der Waals surface area (Å²) in [6.45, 7) is 9.52. The van der Waals surface area contributed by atoms with E-state index in [-0.39, 0.29) is 30.1 Å². The summed E-state index contributed by atoms with van der Waals surface area (Å²) in [5, 5.41) is 6.79. The average molecular weight is 490 g/mol. The zero-order valence-electron chi connectivity index (χ0n) is 17.0. The number of hydrogen-bond donors (Lipinski definition) is 2. The van der Waals surface area contributed by atoms with E-state index in [1.54, 1.807) is 14.2 Å². The van der Waals surface area contributed by atoms with Crippen LogP contribution in [0, 0.1) is 5.92 Å². The molecule has 1 heterocycles. The van der Waals surface area contributed by atoms with Crippen LogP contribution in [-0.4, -0.2) is 63.8 Å². The summed E-state index contributed by atoms with van der Waals surface area (Å²) in [7, 11) is 3.46. The average Bonchev–Trinajstić information content (AvgIpc) is 3.10. The third-order valence-corrected chi connectivity index (χ3v) is 4.65. The highest BCUT2D eigenvalue weighted by Crippen LogP contribution is 2.26. The second-order valence-electron chi connectivity index (χ2n) is 6.87. The van der Waals surface area contributed by atoms with Crippen LogP contribution in [0.3, 0.4) is 0 Å². The van der Waals surface area contributed by atoms with Crippen LogP contribution in [0.15, 0.2) is 29.3 Å². The van der Waals surface area contributed by atoms with Crippen molar-refractivity contribution < 1.29 is 9.47 Å². The van der Waals surface area contributed by atoms with E-state index in [1.165, 1.54) is 32.5 Å². The van der Waals surface area contributed by atoms with Gasteiger partial charge in [-0.1, -0.05) is 19.1 Å². The van der Waals surface area contributed by atoms with Gasteiger partial charge in [-0.05, 0) is 50.9 Å². The number of nitrogens with one attached hydrogen (secondary N) is 2. The standard InChI is InChI=1S/C20H34N4O2.HI/c1-5-11-24-12-10-17(15-24)14-23-20(21-3)22-13-16(2)26-19-9-7-6-8-18(19)25-4;/h6-9,16-17H,5,10-15H2,1-4H3,(H2,21,22,23);1H. The lowest BCUT2D eigenvalue weighted by Gasteiger charge is -2.20. The largest absolute Gasteiger partial charge is 0.493 e. The Hall–Kier alpha value is -1.22. The van der Waals surface area contributed by atoms with Crippen LogP contribution in [0.1, 0.15) is 26.7 Å². The number of para-hydroxylation sites is 2. The maximum Gasteiger partial charge on any atom is 0.191 e. The number of aliphatic imine (C=N–C) groups is 1. The van der Waals surface area contributed by atoms with Crippen LogP contribution in [0.2, 0.25) is 0 Å². The molecule has 0 spiro atoms. The monoisotopic (exact) mass is 490 g/mol. The molecule has 1 aliphatic rings. The molecule has 27 heavy (non-hydrogen) atoms. The molecule has 0 bridgehead atoms.